The number of fused-ring (bicyclic) bond motifs is 4. The van der Waals surface area contributed by atoms with Crippen LogP contribution < -0.4 is 5.32 Å². The number of phenolic OH excluding ortho intramolecular Hbond substituents is 1. The number of carbonyl (C=O) groups is 2. The molecule has 8 nitrogen and oxygen atoms in total. The van der Waals surface area contributed by atoms with Crippen molar-refractivity contribution < 1.29 is 19.4 Å². The van der Waals surface area contributed by atoms with Gasteiger partial charge >= 0.3 is 5.97 Å². The van der Waals surface area contributed by atoms with Crippen molar-refractivity contribution in [2.24, 2.45) is 0 Å². The summed E-state index contributed by atoms with van der Waals surface area (Å²) < 4.78 is 8.89. The van der Waals surface area contributed by atoms with Crippen LogP contribution in [-0.4, -0.2) is 44.7 Å². The lowest BCUT2D eigenvalue weighted by atomic mass is 10.1. The predicted molar refractivity (Wildman–Crippen MR) is 103 cm³/mol. The van der Waals surface area contributed by atoms with Gasteiger partial charge in [0.25, 0.3) is 5.91 Å². The third kappa shape index (κ3) is 2.79. The molecule has 144 valence electrons. The van der Waals surface area contributed by atoms with Crippen molar-refractivity contribution in [1.82, 2.24) is 19.4 Å². The van der Waals surface area contributed by atoms with Crippen LogP contribution in [0.5, 0.6) is 5.75 Å². The van der Waals surface area contributed by atoms with E-state index in [1.165, 1.54) is 0 Å². The topological polar surface area (TPSA) is 89.4 Å². The second-order valence-electron chi connectivity index (χ2n) is 6.64. The zero-order valence-corrected chi connectivity index (χ0v) is 15.6. The van der Waals surface area contributed by atoms with Crippen LogP contribution in [0.4, 0.5) is 0 Å². The molecule has 2 heterocycles. The molecule has 0 fully saturated rings. The molecule has 0 atom stereocenters. The van der Waals surface area contributed by atoms with E-state index in [0.29, 0.717) is 23.2 Å². The minimum atomic E-state index is -0.414. The fourth-order valence-electron chi connectivity index (χ4n) is 3.10. The number of amides is 1. The second kappa shape index (κ2) is 6.49. The van der Waals surface area contributed by atoms with Crippen LogP contribution in [0.15, 0.2) is 48.6 Å². The molecular formula is C20H20N4O4. The Bertz CT molecular complexity index is 1210. The summed E-state index contributed by atoms with van der Waals surface area (Å²) in [6, 6.07) is 10.7. The van der Waals surface area contributed by atoms with Gasteiger partial charge < -0.3 is 15.2 Å². The van der Waals surface area contributed by atoms with E-state index in [1.807, 2.05) is 32.3 Å². The highest BCUT2D eigenvalue weighted by Crippen LogP contribution is 2.31. The molecule has 4 rings (SSSR count). The highest BCUT2D eigenvalue weighted by Gasteiger charge is 2.26. The molecule has 2 aromatic heterocycles. The van der Waals surface area contributed by atoms with Gasteiger partial charge in [0.05, 0.1) is 6.61 Å². The number of nitrogens with zero attached hydrogens (tertiary/aromatic N) is 3. The van der Waals surface area contributed by atoms with E-state index < -0.39 is 5.97 Å². The molecule has 1 amide bonds. The lowest BCUT2D eigenvalue weighted by Crippen LogP contribution is -2.17. The monoisotopic (exact) mass is 380 g/mol. The first-order valence-corrected chi connectivity index (χ1v) is 8.83. The number of esters is 1. The molecular weight excluding hydrogens is 360 g/mol. The SMILES string of the molecule is C=C(C)C(=O)OCCc1ccc(O)c(-n2n3c4ccc(C(=O)NC)cc4n23)c1. The molecule has 0 saturated heterocycles. The number of aromatic hydroxyl groups is 1. The molecule has 0 radical (unpaired) electrons. The summed E-state index contributed by atoms with van der Waals surface area (Å²) in [5.74, 6) is -0.430. The molecule has 0 saturated carbocycles. The van der Waals surface area contributed by atoms with Crippen molar-refractivity contribution in [2.45, 2.75) is 13.3 Å². The normalized spacial score (nSPS) is 11.4. The fourth-order valence-corrected chi connectivity index (χ4v) is 3.10. The Balaban J connectivity index is 1.59. The zero-order chi connectivity index (χ0) is 20.0. The highest BCUT2D eigenvalue weighted by atomic mass is 16.5. The van der Waals surface area contributed by atoms with Gasteiger partial charge in [-0.15, -0.1) is 14.1 Å². The van der Waals surface area contributed by atoms with E-state index in [0.717, 1.165) is 16.6 Å². The summed E-state index contributed by atoms with van der Waals surface area (Å²) in [5.41, 5.74) is 4.31. The van der Waals surface area contributed by atoms with Crippen LogP contribution in [-0.2, 0) is 16.0 Å². The Morgan fingerprint density at radius 2 is 1.89 bits per heavy atom. The summed E-state index contributed by atoms with van der Waals surface area (Å²) >= 11 is 0. The number of nitrogens with one attached hydrogen (secondary N) is 1. The summed E-state index contributed by atoms with van der Waals surface area (Å²) in [4.78, 5) is 25.1. The molecule has 0 unspecified atom stereocenters. The average molecular weight is 380 g/mol. The maximum Gasteiger partial charge on any atom is 0.333 e. The third-order valence-corrected chi connectivity index (χ3v) is 4.63. The Labute approximate surface area is 160 Å². The van der Waals surface area contributed by atoms with E-state index in [-0.39, 0.29) is 18.3 Å². The van der Waals surface area contributed by atoms with Crippen LogP contribution in [0.25, 0.3) is 16.7 Å². The summed E-state index contributed by atoms with van der Waals surface area (Å²) in [6.45, 7) is 5.39. The molecule has 2 N–H and O–H groups in total. The molecule has 2 aromatic carbocycles. The number of carbonyl (C=O) groups excluding carboxylic acids is 2. The summed E-state index contributed by atoms with van der Waals surface area (Å²) in [5, 5.41) is 12.9. The van der Waals surface area contributed by atoms with Gasteiger partial charge in [-0.25, -0.2) is 4.79 Å². The van der Waals surface area contributed by atoms with E-state index >= 15 is 0 Å². The average Bonchev–Trinajstić information content (AvgIpc) is 3.34. The number of phenols is 1. The number of hydrogen-bond donors (Lipinski definition) is 2. The lowest BCUT2D eigenvalue weighted by molar-refractivity contribution is -0.138. The van der Waals surface area contributed by atoms with Crippen molar-refractivity contribution in [3.05, 3.63) is 59.7 Å². The quantitative estimate of drug-likeness (QED) is 0.396. The van der Waals surface area contributed by atoms with Crippen molar-refractivity contribution in [1.29, 1.82) is 0 Å². The molecule has 8 heteroatoms. The van der Waals surface area contributed by atoms with Crippen LogP contribution in [0.1, 0.15) is 22.8 Å². The smallest absolute Gasteiger partial charge is 0.333 e. The van der Waals surface area contributed by atoms with Gasteiger partial charge in [-0.05, 0) is 42.8 Å². The minimum Gasteiger partial charge on any atom is -0.506 e. The first kappa shape index (κ1) is 17.7. The van der Waals surface area contributed by atoms with Crippen LogP contribution in [0, 0.1) is 0 Å². The van der Waals surface area contributed by atoms with Crippen molar-refractivity contribution in [3.8, 4) is 11.4 Å². The van der Waals surface area contributed by atoms with E-state index in [1.54, 1.807) is 32.2 Å². The highest BCUT2D eigenvalue weighted by molar-refractivity contribution is 5.97. The van der Waals surface area contributed by atoms with Gasteiger partial charge in [0.1, 0.15) is 22.5 Å². The summed E-state index contributed by atoms with van der Waals surface area (Å²) in [7, 11) is 1.59. The molecule has 0 bridgehead atoms. The van der Waals surface area contributed by atoms with Gasteiger partial charge in [-0.3, -0.25) is 4.79 Å². The van der Waals surface area contributed by atoms with E-state index in [2.05, 4.69) is 11.9 Å². The number of rotatable bonds is 6. The Kier molecular flexibility index (Phi) is 4.11. The van der Waals surface area contributed by atoms with Gasteiger partial charge in [-0.1, -0.05) is 12.6 Å². The predicted octanol–water partition coefficient (Wildman–Crippen LogP) is 2.15. The molecule has 28 heavy (non-hydrogen) atoms. The first-order chi connectivity index (χ1) is 13.4. The number of hydrogen-bond acceptors (Lipinski definition) is 4. The molecule has 0 spiro atoms. The molecule has 0 aliphatic rings. The third-order valence-electron chi connectivity index (χ3n) is 4.63. The maximum absolute atomic E-state index is 11.8. The van der Waals surface area contributed by atoms with Gasteiger partial charge in [0.2, 0.25) is 0 Å². The Morgan fingerprint density at radius 3 is 2.61 bits per heavy atom. The van der Waals surface area contributed by atoms with Crippen molar-refractivity contribution in [2.75, 3.05) is 13.7 Å². The minimum absolute atomic E-state index is 0.134. The van der Waals surface area contributed by atoms with Crippen LogP contribution in [0.3, 0.4) is 0 Å². The Morgan fingerprint density at radius 1 is 1.14 bits per heavy atom. The zero-order valence-electron chi connectivity index (χ0n) is 15.6. The fraction of sp³-hybridized carbons (Fsp3) is 0.200. The second-order valence-corrected chi connectivity index (χ2v) is 6.64. The van der Waals surface area contributed by atoms with Crippen LogP contribution >= 0.6 is 0 Å². The van der Waals surface area contributed by atoms with Crippen molar-refractivity contribution >= 4 is 22.9 Å². The van der Waals surface area contributed by atoms with Gasteiger partial charge in [-0.2, -0.15) is 0 Å². The summed E-state index contributed by atoms with van der Waals surface area (Å²) in [6.07, 6.45) is 0.522. The number of ether oxygens (including phenoxy) is 1. The van der Waals surface area contributed by atoms with Crippen molar-refractivity contribution in [3.63, 3.8) is 0 Å². The Hall–Kier alpha value is -3.68. The molecule has 4 aromatic rings. The van der Waals surface area contributed by atoms with Gasteiger partial charge in [0.15, 0.2) is 0 Å². The van der Waals surface area contributed by atoms with Crippen LogP contribution in [0.2, 0.25) is 0 Å². The molecule has 0 aliphatic heterocycles. The molecule has 0 aliphatic carbocycles. The lowest BCUT2D eigenvalue weighted by Gasteiger charge is -2.06. The standard InChI is InChI=1S/C20H20N4O4/c1-12(2)20(27)28-9-8-13-4-7-18(25)17(10-13)24-22-15-6-5-14(19(26)21-3)11-16(15)23(22)24/h4-7,10-11,25H,1,8-9H2,2-3H3,(H,21,26). The number of aromatic nitrogens is 3. The van der Waals surface area contributed by atoms with E-state index in [9.17, 15) is 14.7 Å². The number of benzene rings is 2. The first-order valence-electron chi connectivity index (χ1n) is 8.83. The van der Waals surface area contributed by atoms with Gasteiger partial charge in [0, 0.05) is 24.6 Å². The largest absolute Gasteiger partial charge is 0.506 e. The van der Waals surface area contributed by atoms with E-state index in [4.69, 9.17) is 4.74 Å². The maximum atomic E-state index is 11.8.